The van der Waals surface area contributed by atoms with Crippen LogP contribution in [0.3, 0.4) is 0 Å². The Morgan fingerprint density at radius 2 is 1.93 bits per heavy atom. The summed E-state index contributed by atoms with van der Waals surface area (Å²) in [6.45, 7) is 5.18. The predicted octanol–water partition coefficient (Wildman–Crippen LogP) is 4.03. The minimum Gasteiger partial charge on any atom is -0.496 e. The summed E-state index contributed by atoms with van der Waals surface area (Å²) in [6, 6.07) is 17.9. The molecule has 0 spiro atoms. The van der Waals surface area contributed by atoms with E-state index in [9.17, 15) is 19.6 Å². The van der Waals surface area contributed by atoms with Crippen LogP contribution >= 0.6 is 0 Å². The number of carbonyl (C=O) groups is 3. The molecule has 10 nitrogen and oxygen atoms in total. The molecule has 0 aromatic heterocycles. The van der Waals surface area contributed by atoms with Crippen molar-refractivity contribution in [3.8, 4) is 11.8 Å². The number of hydrogen-bond acceptors (Lipinski definition) is 7. The highest BCUT2D eigenvalue weighted by atomic mass is 16.6. The van der Waals surface area contributed by atoms with Crippen LogP contribution in [0.15, 0.2) is 54.6 Å². The second-order valence-corrected chi connectivity index (χ2v) is 10.6. The van der Waals surface area contributed by atoms with Crippen molar-refractivity contribution >= 4 is 40.1 Å². The zero-order valence-corrected chi connectivity index (χ0v) is 23.3. The molecule has 1 atom stereocenters. The van der Waals surface area contributed by atoms with Gasteiger partial charge in [0.25, 0.3) is 5.91 Å². The van der Waals surface area contributed by atoms with Crippen LogP contribution in [0.1, 0.15) is 31.9 Å². The normalized spacial score (nSPS) is 14.8. The third-order valence-corrected chi connectivity index (χ3v) is 6.43. The summed E-state index contributed by atoms with van der Waals surface area (Å²) in [5, 5.41) is 17.3. The Balaban J connectivity index is 1.65. The topological polar surface area (TPSA) is 124 Å². The standard InChI is InChI=1S/C30H33N5O5/c1-30(2,3)40-29(38)34(4)18-27(36)33-24-16-32-23-14-19(15-31)10-12-25(23)35(28(24)37)17-22-21-9-7-6-8-20(21)11-13-26(22)39-5/h6-14,24,32H,16-18H2,1-5H3,(H,33,36). The van der Waals surface area contributed by atoms with Gasteiger partial charge in [0.15, 0.2) is 0 Å². The molecule has 1 aliphatic heterocycles. The molecule has 0 aliphatic carbocycles. The summed E-state index contributed by atoms with van der Waals surface area (Å²) in [5.74, 6) is -0.238. The largest absolute Gasteiger partial charge is 0.496 e. The molecule has 0 saturated carbocycles. The lowest BCUT2D eigenvalue weighted by Crippen LogP contribution is -2.52. The first kappa shape index (κ1) is 28.2. The van der Waals surface area contributed by atoms with Crippen molar-refractivity contribution in [1.29, 1.82) is 5.26 Å². The number of nitriles is 1. The van der Waals surface area contributed by atoms with Gasteiger partial charge in [0.2, 0.25) is 5.91 Å². The van der Waals surface area contributed by atoms with E-state index in [1.807, 2.05) is 36.4 Å². The van der Waals surface area contributed by atoms with Crippen molar-refractivity contribution in [3.05, 3.63) is 65.7 Å². The molecule has 1 heterocycles. The van der Waals surface area contributed by atoms with Crippen LogP contribution in [0, 0.1) is 11.3 Å². The van der Waals surface area contributed by atoms with Crippen molar-refractivity contribution < 1.29 is 23.9 Å². The number of nitrogens with one attached hydrogen (secondary N) is 2. The lowest BCUT2D eigenvalue weighted by atomic mass is 10.0. The van der Waals surface area contributed by atoms with E-state index in [1.165, 1.54) is 7.05 Å². The molecule has 0 saturated heterocycles. The van der Waals surface area contributed by atoms with E-state index >= 15 is 0 Å². The van der Waals surface area contributed by atoms with Crippen LogP contribution in [-0.2, 0) is 20.9 Å². The summed E-state index contributed by atoms with van der Waals surface area (Å²) in [4.78, 5) is 42.0. The van der Waals surface area contributed by atoms with E-state index in [0.717, 1.165) is 21.2 Å². The third kappa shape index (κ3) is 6.26. The van der Waals surface area contributed by atoms with Crippen molar-refractivity contribution in [1.82, 2.24) is 10.2 Å². The van der Waals surface area contributed by atoms with Gasteiger partial charge in [0.05, 0.1) is 36.7 Å². The minimum absolute atomic E-state index is 0.0891. The van der Waals surface area contributed by atoms with Gasteiger partial charge in [0.1, 0.15) is 23.9 Å². The summed E-state index contributed by atoms with van der Waals surface area (Å²) >= 11 is 0. The molecular formula is C30H33N5O5. The van der Waals surface area contributed by atoms with Crippen molar-refractivity contribution in [2.24, 2.45) is 0 Å². The Bertz CT molecular complexity index is 1490. The van der Waals surface area contributed by atoms with Gasteiger partial charge in [-0.15, -0.1) is 0 Å². The number of amides is 3. The molecule has 0 radical (unpaired) electrons. The monoisotopic (exact) mass is 543 g/mol. The van der Waals surface area contributed by atoms with Crippen LogP contribution in [0.25, 0.3) is 10.8 Å². The third-order valence-electron chi connectivity index (χ3n) is 6.43. The fourth-order valence-electron chi connectivity index (χ4n) is 4.55. The first-order chi connectivity index (χ1) is 19.0. The number of likely N-dealkylation sites (N-methyl/N-ethyl adjacent to an activating group) is 1. The summed E-state index contributed by atoms with van der Waals surface area (Å²) in [6.07, 6.45) is -0.644. The van der Waals surface area contributed by atoms with Crippen molar-refractivity contribution in [3.63, 3.8) is 0 Å². The number of rotatable bonds is 6. The second-order valence-electron chi connectivity index (χ2n) is 10.6. The predicted molar refractivity (Wildman–Crippen MR) is 152 cm³/mol. The number of carbonyl (C=O) groups excluding carboxylic acids is 3. The summed E-state index contributed by atoms with van der Waals surface area (Å²) in [7, 11) is 3.04. The highest BCUT2D eigenvalue weighted by Crippen LogP contribution is 2.35. The molecule has 2 N–H and O–H groups in total. The molecule has 3 aromatic rings. The molecule has 40 heavy (non-hydrogen) atoms. The Hall–Kier alpha value is -4.78. The zero-order valence-electron chi connectivity index (χ0n) is 23.3. The first-order valence-corrected chi connectivity index (χ1v) is 12.9. The van der Waals surface area contributed by atoms with Gasteiger partial charge < -0.3 is 29.9 Å². The van der Waals surface area contributed by atoms with Gasteiger partial charge >= 0.3 is 6.09 Å². The smallest absolute Gasteiger partial charge is 0.410 e. The van der Waals surface area contributed by atoms with Crippen molar-refractivity contribution in [2.45, 2.75) is 39.0 Å². The molecule has 10 heteroatoms. The van der Waals surface area contributed by atoms with E-state index in [2.05, 4.69) is 16.7 Å². The molecule has 0 bridgehead atoms. The van der Waals surface area contributed by atoms with Gasteiger partial charge in [0, 0.05) is 19.2 Å². The Morgan fingerprint density at radius 3 is 2.62 bits per heavy atom. The van der Waals surface area contributed by atoms with Crippen LogP contribution in [0.4, 0.5) is 16.2 Å². The van der Waals surface area contributed by atoms with Gasteiger partial charge in [-0.1, -0.05) is 30.3 Å². The SMILES string of the molecule is COc1ccc2ccccc2c1CN1C(=O)C(NC(=O)CN(C)C(=O)OC(C)(C)C)CNc2cc(C#N)ccc21. The average Bonchev–Trinajstić information content (AvgIpc) is 3.04. The lowest BCUT2D eigenvalue weighted by Gasteiger charge is -2.28. The maximum Gasteiger partial charge on any atom is 0.410 e. The van der Waals surface area contributed by atoms with E-state index < -0.39 is 23.6 Å². The molecule has 1 unspecified atom stereocenters. The zero-order chi connectivity index (χ0) is 29.0. The minimum atomic E-state index is -0.946. The van der Waals surface area contributed by atoms with Crippen LogP contribution in [0.5, 0.6) is 5.75 Å². The number of methoxy groups -OCH3 is 1. The number of hydrogen-bond donors (Lipinski definition) is 2. The van der Waals surface area contributed by atoms with Gasteiger partial charge in [-0.05, 0) is 55.8 Å². The van der Waals surface area contributed by atoms with E-state index in [-0.39, 0.29) is 25.5 Å². The number of ether oxygens (including phenoxy) is 2. The Kier molecular flexibility index (Phi) is 8.14. The maximum absolute atomic E-state index is 14.0. The fraction of sp³-hybridized carbons (Fsp3) is 0.333. The lowest BCUT2D eigenvalue weighted by molar-refractivity contribution is -0.127. The Labute approximate surface area is 233 Å². The molecule has 3 amide bonds. The number of fused-ring (bicyclic) bond motifs is 2. The summed E-state index contributed by atoms with van der Waals surface area (Å²) < 4.78 is 11.0. The number of benzene rings is 3. The van der Waals surface area contributed by atoms with Crippen LogP contribution in [-0.4, -0.2) is 61.7 Å². The van der Waals surface area contributed by atoms with Crippen LogP contribution in [0.2, 0.25) is 0 Å². The highest BCUT2D eigenvalue weighted by Gasteiger charge is 2.33. The number of anilines is 2. The molecule has 3 aromatic carbocycles. The van der Waals surface area contributed by atoms with Gasteiger partial charge in [-0.2, -0.15) is 5.26 Å². The van der Waals surface area contributed by atoms with E-state index in [1.54, 1.807) is 51.0 Å². The molecule has 208 valence electrons. The molecule has 0 fully saturated rings. The van der Waals surface area contributed by atoms with Crippen LogP contribution < -0.4 is 20.3 Å². The van der Waals surface area contributed by atoms with E-state index in [4.69, 9.17) is 9.47 Å². The Morgan fingerprint density at radius 1 is 1.18 bits per heavy atom. The molecule has 1 aliphatic rings. The fourth-order valence-corrected chi connectivity index (χ4v) is 4.55. The highest BCUT2D eigenvalue weighted by molar-refractivity contribution is 6.04. The maximum atomic E-state index is 14.0. The second kappa shape index (κ2) is 11.5. The van der Waals surface area contributed by atoms with Crippen molar-refractivity contribution in [2.75, 3.05) is 37.5 Å². The first-order valence-electron chi connectivity index (χ1n) is 12.9. The van der Waals surface area contributed by atoms with E-state index in [0.29, 0.717) is 22.7 Å². The van der Waals surface area contributed by atoms with Gasteiger partial charge in [-0.25, -0.2) is 4.79 Å². The average molecular weight is 544 g/mol. The quantitative estimate of drug-likeness (QED) is 0.481. The number of nitrogens with zero attached hydrogens (tertiary/aromatic N) is 3. The molecule has 4 rings (SSSR count). The summed E-state index contributed by atoms with van der Waals surface area (Å²) in [5.41, 5.74) is 1.69. The van der Waals surface area contributed by atoms with Gasteiger partial charge in [-0.3, -0.25) is 9.59 Å². The molecular weight excluding hydrogens is 510 g/mol.